The molecule has 1 aromatic rings. The van der Waals surface area contributed by atoms with E-state index in [0.717, 1.165) is 10.9 Å². The molecule has 0 aliphatic rings. The van der Waals surface area contributed by atoms with Crippen molar-refractivity contribution in [1.29, 1.82) is 0 Å². The summed E-state index contributed by atoms with van der Waals surface area (Å²) in [6.07, 6.45) is 1.09. The molecule has 1 rings (SSSR count). The second-order valence-corrected chi connectivity index (χ2v) is 4.77. The van der Waals surface area contributed by atoms with Crippen molar-refractivity contribution in [2.45, 2.75) is 17.9 Å². The van der Waals surface area contributed by atoms with E-state index in [1.807, 2.05) is 11.6 Å². The summed E-state index contributed by atoms with van der Waals surface area (Å²) in [6.45, 7) is 1.26. The van der Waals surface area contributed by atoms with Gasteiger partial charge in [-0.25, -0.2) is 4.98 Å². The van der Waals surface area contributed by atoms with Gasteiger partial charge in [-0.15, -0.1) is 0 Å². The molecule has 0 saturated heterocycles. The highest BCUT2D eigenvalue weighted by molar-refractivity contribution is 7.99. The van der Waals surface area contributed by atoms with Crippen LogP contribution in [0.5, 0.6) is 0 Å². The van der Waals surface area contributed by atoms with Crippen molar-refractivity contribution < 1.29 is 19.7 Å². The fourth-order valence-electron chi connectivity index (χ4n) is 1.29. The third-order valence-electron chi connectivity index (χ3n) is 2.35. The molecule has 104 valence electrons. The highest BCUT2D eigenvalue weighted by Gasteiger charge is 2.10. The predicted octanol–water partition coefficient (Wildman–Crippen LogP) is 0.0284. The van der Waals surface area contributed by atoms with Crippen LogP contribution in [-0.4, -0.2) is 58.6 Å². The maximum Gasteiger partial charge on any atom is 0.168 e. The number of hydrogen-bond acceptors (Lipinski definition) is 6. The second-order valence-electron chi connectivity index (χ2n) is 3.78. The first kappa shape index (κ1) is 15.5. The van der Waals surface area contributed by atoms with Gasteiger partial charge in [0.25, 0.3) is 0 Å². The summed E-state index contributed by atoms with van der Waals surface area (Å²) in [5.41, 5.74) is 0.753. The van der Waals surface area contributed by atoms with Gasteiger partial charge in [0.05, 0.1) is 44.4 Å². The zero-order valence-electron chi connectivity index (χ0n) is 10.7. The molecule has 0 aliphatic heterocycles. The Balaban J connectivity index is 2.24. The van der Waals surface area contributed by atoms with E-state index < -0.39 is 6.10 Å². The van der Waals surface area contributed by atoms with Crippen LogP contribution in [0.1, 0.15) is 5.69 Å². The summed E-state index contributed by atoms with van der Waals surface area (Å²) in [6, 6.07) is 0. The average Bonchev–Trinajstić information content (AvgIpc) is 2.73. The average molecular weight is 276 g/mol. The normalized spacial score (nSPS) is 12.9. The predicted molar refractivity (Wildman–Crippen MR) is 68.6 cm³/mol. The second kappa shape index (κ2) is 8.49. The van der Waals surface area contributed by atoms with Crippen molar-refractivity contribution in [3.05, 3.63) is 11.9 Å². The molecule has 2 N–H and O–H groups in total. The van der Waals surface area contributed by atoms with E-state index in [1.165, 1.54) is 11.8 Å². The monoisotopic (exact) mass is 276 g/mol. The number of methoxy groups -OCH3 is 1. The summed E-state index contributed by atoms with van der Waals surface area (Å²) >= 11 is 1.43. The standard InChI is InChI=1S/C11H20N2O4S/c1-13-9(6-14)5-12-11(13)18-8-10(15)7-17-4-3-16-2/h5,10,14-15H,3-4,6-8H2,1-2H3. The van der Waals surface area contributed by atoms with Crippen LogP contribution in [0.3, 0.4) is 0 Å². The lowest BCUT2D eigenvalue weighted by Gasteiger charge is -2.10. The molecule has 1 atom stereocenters. The summed E-state index contributed by atoms with van der Waals surface area (Å²) < 4.78 is 11.9. The SMILES string of the molecule is COCCOCC(O)CSc1ncc(CO)n1C. The third-order valence-corrected chi connectivity index (χ3v) is 3.54. The molecule has 0 spiro atoms. The number of thioether (sulfide) groups is 1. The Kier molecular flexibility index (Phi) is 7.29. The van der Waals surface area contributed by atoms with Gasteiger partial charge in [0, 0.05) is 19.9 Å². The van der Waals surface area contributed by atoms with Crippen molar-refractivity contribution in [1.82, 2.24) is 9.55 Å². The smallest absolute Gasteiger partial charge is 0.168 e. The number of aliphatic hydroxyl groups is 2. The van der Waals surface area contributed by atoms with Crippen LogP contribution in [0, 0.1) is 0 Å². The lowest BCUT2D eigenvalue weighted by atomic mass is 10.4. The number of aromatic nitrogens is 2. The van der Waals surface area contributed by atoms with E-state index in [0.29, 0.717) is 19.0 Å². The number of imidazole rings is 1. The van der Waals surface area contributed by atoms with Crippen LogP contribution in [0.25, 0.3) is 0 Å². The highest BCUT2D eigenvalue weighted by Crippen LogP contribution is 2.18. The fraction of sp³-hybridized carbons (Fsp3) is 0.727. The first-order chi connectivity index (χ1) is 8.69. The minimum Gasteiger partial charge on any atom is -0.390 e. The molecule has 0 fully saturated rings. The van der Waals surface area contributed by atoms with Crippen molar-refractivity contribution in [3.8, 4) is 0 Å². The van der Waals surface area contributed by atoms with Gasteiger partial charge in [0.1, 0.15) is 0 Å². The van der Waals surface area contributed by atoms with Crippen LogP contribution in [0.2, 0.25) is 0 Å². The van der Waals surface area contributed by atoms with Crippen LogP contribution in [0.15, 0.2) is 11.4 Å². The van der Waals surface area contributed by atoms with E-state index in [9.17, 15) is 5.11 Å². The van der Waals surface area contributed by atoms with E-state index in [1.54, 1.807) is 13.3 Å². The fourth-order valence-corrected chi connectivity index (χ4v) is 2.16. The Morgan fingerprint density at radius 3 is 2.89 bits per heavy atom. The van der Waals surface area contributed by atoms with E-state index >= 15 is 0 Å². The quantitative estimate of drug-likeness (QED) is 0.489. The van der Waals surface area contributed by atoms with E-state index in [4.69, 9.17) is 14.6 Å². The summed E-state index contributed by atoms with van der Waals surface area (Å²) in [7, 11) is 3.44. The molecular weight excluding hydrogens is 256 g/mol. The Morgan fingerprint density at radius 2 is 2.28 bits per heavy atom. The zero-order chi connectivity index (χ0) is 13.4. The molecule has 0 amide bonds. The van der Waals surface area contributed by atoms with Crippen LogP contribution < -0.4 is 0 Å². The molecule has 0 saturated carbocycles. The summed E-state index contributed by atoms with van der Waals surface area (Å²) in [5, 5.41) is 19.5. The molecule has 0 radical (unpaired) electrons. The minimum atomic E-state index is -0.541. The molecule has 0 aliphatic carbocycles. The number of aliphatic hydroxyl groups excluding tert-OH is 2. The van der Waals surface area contributed by atoms with Gasteiger partial charge < -0.3 is 24.3 Å². The zero-order valence-corrected chi connectivity index (χ0v) is 11.5. The lowest BCUT2D eigenvalue weighted by molar-refractivity contribution is 0.0218. The number of ether oxygens (including phenoxy) is 2. The third kappa shape index (κ3) is 4.95. The molecule has 18 heavy (non-hydrogen) atoms. The summed E-state index contributed by atoms with van der Waals surface area (Å²) in [5.74, 6) is 0.503. The molecule has 0 bridgehead atoms. The van der Waals surface area contributed by atoms with Gasteiger partial charge in [-0.05, 0) is 0 Å². The molecule has 7 heteroatoms. The summed E-state index contributed by atoms with van der Waals surface area (Å²) in [4.78, 5) is 4.16. The molecular formula is C11H20N2O4S. The number of rotatable bonds is 9. The van der Waals surface area contributed by atoms with Crippen LogP contribution in [0.4, 0.5) is 0 Å². The van der Waals surface area contributed by atoms with Gasteiger partial charge in [0.15, 0.2) is 5.16 Å². The van der Waals surface area contributed by atoms with Crippen molar-refractivity contribution in [2.24, 2.45) is 7.05 Å². The van der Waals surface area contributed by atoms with Gasteiger partial charge in [-0.3, -0.25) is 0 Å². The Hall–Kier alpha value is -0.600. The largest absolute Gasteiger partial charge is 0.390 e. The molecule has 0 aromatic carbocycles. The van der Waals surface area contributed by atoms with E-state index in [2.05, 4.69) is 4.98 Å². The first-order valence-electron chi connectivity index (χ1n) is 5.68. The molecule has 6 nitrogen and oxygen atoms in total. The molecule has 1 aromatic heterocycles. The maximum absolute atomic E-state index is 9.69. The molecule has 1 heterocycles. The number of hydrogen-bond donors (Lipinski definition) is 2. The number of nitrogens with zero attached hydrogens (tertiary/aromatic N) is 2. The Bertz CT molecular complexity index is 346. The van der Waals surface area contributed by atoms with Gasteiger partial charge in [-0.2, -0.15) is 0 Å². The maximum atomic E-state index is 9.69. The molecule has 1 unspecified atom stereocenters. The van der Waals surface area contributed by atoms with Crippen LogP contribution in [-0.2, 0) is 23.1 Å². The van der Waals surface area contributed by atoms with Crippen LogP contribution >= 0.6 is 11.8 Å². The highest BCUT2D eigenvalue weighted by atomic mass is 32.2. The topological polar surface area (TPSA) is 76.7 Å². The van der Waals surface area contributed by atoms with Gasteiger partial charge in [0.2, 0.25) is 0 Å². The Labute approximate surface area is 111 Å². The minimum absolute atomic E-state index is 0.0350. The first-order valence-corrected chi connectivity index (χ1v) is 6.66. The lowest BCUT2D eigenvalue weighted by Crippen LogP contribution is -2.19. The Morgan fingerprint density at radius 1 is 1.50 bits per heavy atom. The van der Waals surface area contributed by atoms with E-state index in [-0.39, 0.29) is 13.2 Å². The van der Waals surface area contributed by atoms with Gasteiger partial charge in [-0.1, -0.05) is 11.8 Å². The van der Waals surface area contributed by atoms with Gasteiger partial charge >= 0.3 is 0 Å². The van der Waals surface area contributed by atoms with Crippen molar-refractivity contribution >= 4 is 11.8 Å². The van der Waals surface area contributed by atoms with Crippen molar-refractivity contribution in [3.63, 3.8) is 0 Å². The van der Waals surface area contributed by atoms with Crippen molar-refractivity contribution in [2.75, 3.05) is 32.7 Å².